The number of amides is 2. The van der Waals surface area contributed by atoms with Crippen LogP contribution in [0.4, 0.5) is 5.69 Å². The summed E-state index contributed by atoms with van der Waals surface area (Å²) in [7, 11) is 0. The van der Waals surface area contributed by atoms with Crippen LogP contribution >= 0.6 is 0 Å². The van der Waals surface area contributed by atoms with E-state index in [-0.39, 0.29) is 24.3 Å². The molecular weight excluding hydrogens is 358 g/mol. The smallest absolute Gasteiger partial charge is 0.305 e. The lowest BCUT2D eigenvalue weighted by Crippen LogP contribution is -2.34. The largest absolute Gasteiger partial charge is 0.481 e. The molecule has 0 saturated carbocycles. The minimum absolute atomic E-state index is 0.0320. The summed E-state index contributed by atoms with van der Waals surface area (Å²) in [6, 6.07) is 4.98. The number of nitrogens with zero attached hydrogens (tertiary/aromatic N) is 1. The number of carboxylic acids is 1. The molecule has 152 valence electrons. The Morgan fingerprint density at radius 2 is 2.07 bits per heavy atom. The average molecular weight is 387 g/mol. The third-order valence-corrected chi connectivity index (χ3v) is 5.70. The summed E-state index contributed by atoms with van der Waals surface area (Å²) in [5, 5.41) is 15.2. The number of rotatable bonds is 8. The molecule has 0 bridgehead atoms. The van der Waals surface area contributed by atoms with Gasteiger partial charge in [0.2, 0.25) is 5.91 Å². The molecule has 3 rings (SSSR count). The number of carbonyl (C=O) groups is 3. The van der Waals surface area contributed by atoms with Gasteiger partial charge in [0.05, 0.1) is 6.42 Å². The third-order valence-electron chi connectivity index (χ3n) is 5.70. The van der Waals surface area contributed by atoms with Crippen molar-refractivity contribution >= 4 is 23.5 Å². The molecular formula is C21H29N3O4. The second kappa shape index (κ2) is 9.19. The van der Waals surface area contributed by atoms with Crippen LogP contribution in [0.15, 0.2) is 18.2 Å². The molecule has 2 heterocycles. The van der Waals surface area contributed by atoms with Crippen molar-refractivity contribution in [2.75, 3.05) is 18.4 Å². The molecule has 2 amide bonds. The number of nitrogens with one attached hydrogen (secondary N) is 2. The maximum absolute atomic E-state index is 12.6. The molecule has 0 spiro atoms. The number of carbonyl (C=O) groups excluding carboxylic acids is 2. The fraction of sp³-hybridized carbons (Fsp3) is 0.571. The average Bonchev–Trinajstić information content (AvgIpc) is 2.99. The maximum atomic E-state index is 12.6. The van der Waals surface area contributed by atoms with E-state index in [1.165, 1.54) is 12.8 Å². The SMILES string of the molecule is CC(CC(=O)O)N1Cc2ccc(NC(=O)CCCC3CCNCC3)cc2C1=O. The van der Waals surface area contributed by atoms with Gasteiger partial charge in [-0.25, -0.2) is 0 Å². The molecule has 7 nitrogen and oxygen atoms in total. The normalized spacial score (nSPS) is 18.0. The molecule has 1 atom stereocenters. The van der Waals surface area contributed by atoms with E-state index in [0.29, 0.717) is 30.1 Å². The Morgan fingerprint density at radius 1 is 1.32 bits per heavy atom. The Balaban J connectivity index is 1.51. The minimum Gasteiger partial charge on any atom is -0.481 e. The topological polar surface area (TPSA) is 98.7 Å². The summed E-state index contributed by atoms with van der Waals surface area (Å²) >= 11 is 0. The zero-order chi connectivity index (χ0) is 20.1. The molecule has 0 aliphatic carbocycles. The molecule has 1 saturated heterocycles. The highest BCUT2D eigenvalue weighted by Crippen LogP contribution is 2.28. The van der Waals surface area contributed by atoms with Crippen LogP contribution in [0.2, 0.25) is 0 Å². The standard InChI is InChI=1S/C21H29N3O4/c1-14(11-20(26)27)24-13-16-5-6-17(12-18(16)21(24)28)23-19(25)4-2-3-15-7-9-22-10-8-15/h5-6,12,14-15,22H,2-4,7-11,13H2,1H3,(H,23,25)(H,26,27). The maximum Gasteiger partial charge on any atom is 0.305 e. The summed E-state index contributed by atoms with van der Waals surface area (Å²) in [5.74, 6) is -0.416. The van der Waals surface area contributed by atoms with Crippen molar-refractivity contribution < 1.29 is 19.5 Å². The van der Waals surface area contributed by atoms with Crippen molar-refractivity contribution in [3.05, 3.63) is 29.3 Å². The first-order valence-electron chi connectivity index (χ1n) is 10.1. The summed E-state index contributed by atoms with van der Waals surface area (Å²) in [5.41, 5.74) is 2.03. The van der Waals surface area contributed by atoms with Crippen molar-refractivity contribution in [3.8, 4) is 0 Å². The fourth-order valence-electron chi connectivity index (χ4n) is 4.07. The fourth-order valence-corrected chi connectivity index (χ4v) is 4.07. The van der Waals surface area contributed by atoms with Crippen molar-refractivity contribution in [1.29, 1.82) is 0 Å². The van der Waals surface area contributed by atoms with Gasteiger partial charge in [-0.3, -0.25) is 14.4 Å². The van der Waals surface area contributed by atoms with Crippen LogP contribution < -0.4 is 10.6 Å². The predicted octanol–water partition coefficient (Wildman–Crippen LogP) is 2.61. The molecule has 7 heteroatoms. The van der Waals surface area contributed by atoms with Gasteiger partial charge in [0.1, 0.15) is 0 Å². The predicted molar refractivity (Wildman–Crippen MR) is 106 cm³/mol. The van der Waals surface area contributed by atoms with Crippen LogP contribution in [-0.4, -0.2) is 46.9 Å². The molecule has 28 heavy (non-hydrogen) atoms. The van der Waals surface area contributed by atoms with E-state index in [9.17, 15) is 14.4 Å². The van der Waals surface area contributed by atoms with Crippen molar-refractivity contribution in [1.82, 2.24) is 10.2 Å². The summed E-state index contributed by atoms with van der Waals surface area (Å²) in [4.78, 5) is 37.4. The van der Waals surface area contributed by atoms with Gasteiger partial charge >= 0.3 is 5.97 Å². The van der Waals surface area contributed by atoms with Crippen molar-refractivity contribution in [2.45, 2.75) is 58.0 Å². The number of fused-ring (bicyclic) bond motifs is 1. The highest BCUT2D eigenvalue weighted by Gasteiger charge is 2.31. The van der Waals surface area contributed by atoms with Gasteiger partial charge in [0.25, 0.3) is 5.91 Å². The Morgan fingerprint density at radius 3 is 2.79 bits per heavy atom. The van der Waals surface area contributed by atoms with Gasteiger partial charge in [-0.05, 0) is 69.3 Å². The minimum atomic E-state index is -0.923. The number of carboxylic acid groups (broad SMARTS) is 1. The van der Waals surface area contributed by atoms with Gasteiger partial charge in [0.15, 0.2) is 0 Å². The molecule has 1 aromatic rings. The molecule has 1 unspecified atom stereocenters. The zero-order valence-corrected chi connectivity index (χ0v) is 16.4. The monoisotopic (exact) mass is 387 g/mol. The van der Waals surface area contributed by atoms with Crippen LogP contribution in [0.3, 0.4) is 0 Å². The van der Waals surface area contributed by atoms with E-state index >= 15 is 0 Å². The Kier molecular flexibility index (Phi) is 6.67. The van der Waals surface area contributed by atoms with E-state index in [4.69, 9.17) is 5.11 Å². The van der Waals surface area contributed by atoms with Gasteiger partial charge < -0.3 is 20.6 Å². The molecule has 2 aliphatic rings. The highest BCUT2D eigenvalue weighted by atomic mass is 16.4. The molecule has 1 aromatic carbocycles. The Labute approximate surface area is 165 Å². The molecule has 1 fully saturated rings. The quantitative estimate of drug-likeness (QED) is 0.637. The van der Waals surface area contributed by atoms with Crippen LogP contribution in [0.25, 0.3) is 0 Å². The number of aliphatic carboxylic acids is 1. The van der Waals surface area contributed by atoms with Gasteiger partial charge in [-0.2, -0.15) is 0 Å². The second-order valence-corrected chi connectivity index (χ2v) is 7.89. The number of piperidine rings is 1. The van der Waals surface area contributed by atoms with Crippen LogP contribution in [0.5, 0.6) is 0 Å². The first-order chi connectivity index (χ1) is 13.4. The van der Waals surface area contributed by atoms with Crippen molar-refractivity contribution in [2.24, 2.45) is 5.92 Å². The summed E-state index contributed by atoms with van der Waals surface area (Å²) in [6.07, 6.45) is 4.73. The van der Waals surface area contributed by atoms with E-state index in [1.54, 1.807) is 17.9 Å². The van der Waals surface area contributed by atoms with Gasteiger partial charge in [-0.1, -0.05) is 6.07 Å². The van der Waals surface area contributed by atoms with E-state index in [0.717, 1.165) is 31.5 Å². The van der Waals surface area contributed by atoms with E-state index in [2.05, 4.69) is 10.6 Å². The lowest BCUT2D eigenvalue weighted by Gasteiger charge is -2.22. The van der Waals surface area contributed by atoms with E-state index in [1.807, 2.05) is 12.1 Å². The highest BCUT2D eigenvalue weighted by molar-refractivity contribution is 6.00. The number of benzene rings is 1. The zero-order valence-electron chi connectivity index (χ0n) is 16.4. The van der Waals surface area contributed by atoms with Crippen LogP contribution in [0.1, 0.15) is 61.4 Å². The lowest BCUT2D eigenvalue weighted by atomic mass is 9.92. The number of hydrogen-bond acceptors (Lipinski definition) is 4. The summed E-state index contributed by atoms with van der Waals surface area (Å²) < 4.78 is 0. The molecule has 3 N–H and O–H groups in total. The van der Waals surface area contributed by atoms with E-state index < -0.39 is 5.97 Å². The number of hydrogen-bond donors (Lipinski definition) is 3. The molecule has 0 radical (unpaired) electrons. The van der Waals surface area contributed by atoms with Crippen LogP contribution in [0, 0.1) is 5.92 Å². The first kappa shape index (κ1) is 20.3. The Hall–Kier alpha value is -2.41. The first-order valence-corrected chi connectivity index (χ1v) is 10.1. The number of anilines is 1. The third kappa shape index (κ3) is 5.10. The van der Waals surface area contributed by atoms with Crippen LogP contribution in [-0.2, 0) is 16.1 Å². The Bertz CT molecular complexity index is 743. The van der Waals surface area contributed by atoms with Crippen molar-refractivity contribution in [3.63, 3.8) is 0 Å². The lowest BCUT2D eigenvalue weighted by molar-refractivity contribution is -0.138. The second-order valence-electron chi connectivity index (χ2n) is 7.89. The molecule has 0 aromatic heterocycles. The molecule has 2 aliphatic heterocycles. The summed E-state index contributed by atoms with van der Waals surface area (Å²) in [6.45, 7) is 4.29. The van der Waals surface area contributed by atoms with Gasteiger partial charge in [0, 0.05) is 30.3 Å². The van der Waals surface area contributed by atoms with Gasteiger partial charge in [-0.15, -0.1) is 0 Å².